The Bertz CT molecular complexity index is 1480. The van der Waals surface area contributed by atoms with Gasteiger partial charge in [0, 0.05) is 28.0 Å². The number of nitrogens with zero attached hydrogens (tertiary/aromatic N) is 5. The highest BCUT2D eigenvalue weighted by Gasteiger charge is 2.19. The maximum absolute atomic E-state index is 5.91. The molecule has 3 aromatic carbocycles. The molecule has 2 heterocycles. The summed E-state index contributed by atoms with van der Waals surface area (Å²) < 4.78 is 8.02. The zero-order chi connectivity index (χ0) is 22.7. The number of hydrogen-bond donors (Lipinski definition) is 0. The Morgan fingerprint density at radius 3 is 1.88 bits per heavy atom. The molecule has 164 valence electrons. The highest BCUT2D eigenvalue weighted by molar-refractivity contribution is 5.74. The summed E-state index contributed by atoms with van der Waals surface area (Å²) in [6, 6.07) is 27.9. The van der Waals surface area contributed by atoms with E-state index >= 15 is 0 Å². The van der Waals surface area contributed by atoms with E-state index in [0.717, 1.165) is 52.4 Å². The van der Waals surface area contributed by atoms with Crippen LogP contribution in [-0.4, -0.2) is 25.0 Å². The molecule has 0 saturated heterocycles. The molecule has 0 amide bonds. The van der Waals surface area contributed by atoms with Gasteiger partial charge in [-0.15, -0.1) is 20.4 Å². The molecule has 0 atom stereocenters. The van der Waals surface area contributed by atoms with Crippen LogP contribution in [0, 0.1) is 0 Å². The normalized spacial score (nSPS) is 13.1. The van der Waals surface area contributed by atoms with Crippen LogP contribution in [0.25, 0.3) is 45.6 Å². The Hall–Kier alpha value is -4.58. The third kappa shape index (κ3) is 3.75. The lowest BCUT2D eigenvalue weighted by Gasteiger charge is -2.12. The minimum Gasteiger partial charge on any atom is -0.416 e. The molecule has 0 bridgehead atoms. The van der Waals surface area contributed by atoms with Crippen molar-refractivity contribution in [3.8, 4) is 40.0 Å². The zero-order valence-corrected chi connectivity index (χ0v) is 18.4. The zero-order valence-electron chi connectivity index (χ0n) is 18.4. The summed E-state index contributed by atoms with van der Waals surface area (Å²) in [6.07, 6.45) is 8.59. The minimum atomic E-state index is 0.480. The van der Waals surface area contributed by atoms with Crippen molar-refractivity contribution < 1.29 is 4.42 Å². The molecule has 2 aromatic heterocycles. The van der Waals surface area contributed by atoms with Crippen LogP contribution in [0.15, 0.2) is 108 Å². The molecule has 6 nitrogen and oxygen atoms in total. The molecule has 6 rings (SSSR count). The molecule has 0 unspecified atom stereocenters. The lowest BCUT2D eigenvalue weighted by atomic mass is 10.1. The molecule has 0 radical (unpaired) electrons. The first-order chi connectivity index (χ1) is 16.9. The largest absolute Gasteiger partial charge is 0.416 e. The van der Waals surface area contributed by atoms with Gasteiger partial charge in [0.2, 0.25) is 11.8 Å². The van der Waals surface area contributed by atoms with Crippen LogP contribution in [0.3, 0.4) is 0 Å². The molecule has 0 N–H and O–H groups in total. The summed E-state index contributed by atoms with van der Waals surface area (Å²) >= 11 is 0. The van der Waals surface area contributed by atoms with Crippen molar-refractivity contribution >= 4 is 5.57 Å². The number of rotatable bonds is 5. The van der Waals surface area contributed by atoms with Crippen molar-refractivity contribution in [3.63, 3.8) is 0 Å². The molecule has 34 heavy (non-hydrogen) atoms. The molecule has 0 aliphatic heterocycles. The molecule has 1 aliphatic carbocycles. The number of allylic oxidation sites excluding steroid dienone is 4. The Kier molecular flexibility index (Phi) is 5.16. The van der Waals surface area contributed by atoms with Crippen molar-refractivity contribution in [2.75, 3.05) is 0 Å². The van der Waals surface area contributed by atoms with Crippen LogP contribution in [-0.2, 0) is 0 Å². The van der Waals surface area contributed by atoms with E-state index in [1.54, 1.807) is 0 Å². The van der Waals surface area contributed by atoms with Crippen molar-refractivity contribution in [2.45, 2.75) is 12.8 Å². The van der Waals surface area contributed by atoms with E-state index in [0.29, 0.717) is 11.8 Å². The van der Waals surface area contributed by atoms with Gasteiger partial charge in [-0.1, -0.05) is 66.8 Å². The van der Waals surface area contributed by atoms with E-state index < -0.39 is 0 Å². The van der Waals surface area contributed by atoms with Crippen molar-refractivity contribution in [3.05, 3.63) is 109 Å². The molecule has 6 heteroatoms. The quantitative estimate of drug-likeness (QED) is 0.315. The van der Waals surface area contributed by atoms with Crippen LogP contribution < -0.4 is 0 Å². The molecule has 0 fully saturated rings. The lowest BCUT2D eigenvalue weighted by Crippen LogP contribution is -2.03. The molecular weight excluding hydrogens is 422 g/mol. The Morgan fingerprint density at radius 2 is 1.21 bits per heavy atom. The van der Waals surface area contributed by atoms with Crippen LogP contribution in [0.2, 0.25) is 0 Å². The fraction of sp³-hybridized carbons (Fsp3) is 0.0714. The molecule has 0 saturated carbocycles. The van der Waals surface area contributed by atoms with E-state index in [2.05, 4.69) is 55.3 Å². The number of benzene rings is 3. The maximum Gasteiger partial charge on any atom is 0.248 e. The number of hydrogen-bond acceptors (Lipinski definition) is 5. The van der Waals surface area contributed by atoms with Crippen LogP contribution in [0.5, 0.6) is 0 Å². The van der Waals surface area contributed by atoms with Crippen LogP contribution in [0.1, 0.15) is 18.7 Å². The van der Waals surface area contributed by atoms with Gasteiger partial charge in [0.05, 0.1) is 0 Å². The lowest BCUT2D eigenvalue weighted by molar-refractivity contribution is 0.584. The Labute approximate surface area is 196 Å². The van der Waals surface area contributed by atoms with Crippen LogP contribution >= 0.6 is 0 Å². The maximum atomic E-state index is 5.91. The van der Waals surface area contributed by atoms with E-state index in [1.807, 2.05) is 72.8 Å². The summed E-state index contributed by atoms with van der Waals surface area (Å²) in [5, 5.41) is 17.6. The van der Waals surface area contributed by atoms with Gasteiger partial charge in [-0.3, -0.25) is 4.57 Å². The summed E-state index contributed by atoms with van der Waals surface area (Å²) in [7, 11) is 0. The van der Waals surface area contributed by atoms with Gasteiger partial charge in [0.15, 0.2) is 11.6 Å². The number of para-hydroxylation sites is 1. The van der Waals surface area contributed by atoms with Gasteiger partial charge in [-0.05, 0) is 49.2 Å². The second-order valence-corrected chi connectivity index (χ2v) is 8.01. The first-order valence-electron chi connectivity index (χ1n) is 11.2. The fourth-order valence-electron chi connectivity index (χ4n) is 4.06. The van der Waals surface area contributed by atoms with E-state index in [9.17, 15) is 0 Å². The van der Waals surface area contributed by atoms with E-state index in [4.69, 9.17) is 4.42 Å². The predicted molar refractivity (Wildman–Crippen MR) is 132 cm³/mol. The first-order valence-corrected chi connectivity index (χ1v) is 11.2. The summed E-state index contributed by atoms with van der Waals surface area (Å²) in [4.78, 5) is 0. The fourth-order valence-corrected chi connectivity index (χ4v) is 4.06. The minimum absolute atomic E-state index is 0.480. The van der Waals surface area contributed by atoms with Gasteiger partial charge in [-0.25, -0.2) is 0 Å². The second kappa shape index (κ2) is 8.75. The monoisotopic (exact) mass is 443 g/mol. The topological polar surface area (TPSA) is 69.6 Å². The van der Waals surface area contributed by atoms with Gasteiger partial charge in [-0.2, -0.15) is 0 Å². The van der Waals surface area contributed by atoms with Crippen molar-refractivity contribution in [2.24, 2.45) is 0 Å². The summed E-state index contributed by atoms with van der Waals surface area (Å²) in [5.74, 6) is 2.60. The summed E-state index contributed by atoms with van der Waals surface area (Å²) in [5.41, 5.74) is 4.81. The Morgan fingerprint density at radius 1 is 0.588 bits per heavy atom. The predicted octanol–water partition coefficient (Wildman–Crippen LogP) is 6.38. The standard InChI is InChI=1S/C28H21N5O/c1-4-10-20(11-5-1)25-29-30-26(33(25)24-14-8-3-9-15-24)21-16-18-23(19-17-21)28-32-31-27(34-28)22-12-6-2-7-13-22/h2-4,6-19H,1,5H2. The third-order valence-corrected chi connectivity index (χ3v) is 5.77. The molecule has 5 aromatic rings. The highest BCUT2D eigenvalue weighted by atomic mass is 16.4. The molecule has 0 spiro atoms. The molecule has 1 aliphatic rings. The van der Waals surface area contributed by atoms with Gasteiger partial charge < -0.3 is 4.42 Å². The van der Waals surface area contributed by atoms with Crippen LogP contribution in [0.4, 0.5) is 0 Å². The summed E-state index contributed by atoms with van der Waals surface area (Å²) in [6.45, 7) is 0. The second-order valence-electron chi connectivity index (χ2n) is 8.01. The van der Waals surface area contributed by atoms with Gasteiger partial charge >= 0.3 is 0 Å². The average molecular weight is 444 g/mol. The Balaban J connectivity index is 1.37. The van der Waals surface area contributed by atoms with Gasteiger partial charge in [0.25, 0.3) is 0 Å². The third-order valence-electron chi connectivity index (χ3n) is 5.77. The van der Waals surface area contributed by atoms with Crippen molar-refractivity contribution in [1.29, 1.82) is 0 Å². The van der Waals surface area contributed by atoms with Gasteiger partial charge in [0.1, 0.15) is 0 Å². The van der Waals surface area contributed by atoms with E-state index in [-0.39, 0.29) is 0 Å². The first kappa shape index (κ1) is 20.1. The van der Waals surface area contributed by atoms with Crippen molar-refractivity contribution in [1.82, 2.24) is 25.0 Å². The highest BCUT2D eigenvalue weighted by Crippen LogP contribution is 2.30. The smallest absolute Gasteiger partial charge is 0.248 e. The number of aromatic nitrogens is 5. The average Bonchev–Trinajstić information content (AvgIpc) is 3.59. The molecular formula is C28H21N5O. The SMILES string of the molecule is C1=CC(c2nnc(-c3ccc(-c4nnc(-c5ccccc5)o4)cc3)n2-c2ccccc2)=CCC1. The van der Waals surface area contributed by atoms with E-state index in [1.165, 1.54) is 0 Å².